The summed E-state index contributed by atoms with van der Waals surface area (Å²) in [4.78, 5) is 28.3. The molecule has 2 amide bonds. The normalized spacial score (nSPS) is 16.3. The number of guanidine groups is 1. The first-order chi connectivity index (χ1) is 14.0. The first kappa shape index (κ1) is 20.5. The van der Waals surface area contributed by atoms with Gasteiger partial charge >= 0.3 is 0 Å². The first-order valence-electron chi connectivity index (χ1n) is 9.68. The van der Waals surface area contributed by atoms with Crippen LogP contribution in [0.15, 0.2) is 53.5 Å². The third-order valence-corrected chi connectivity index (χ3v) is 4.49. The number of hydrogen-bond acceptors (Lipinski definition) is 4. The molecule has 0 aromatic heterocycles. The Balaban J connectivity index is 1.70. The molecule has 0 bridgehead atoms. The number of nitrogens with one attached hydrogen (secondary N) is 3. The summed E-state index contributed by atoms with van der Waals surface area (Å²) in [6.45, 7) is 4.70. The molecule has 2 aromatic carbocycles. The van der Waals surface area contributed by atoms with Gasteiger partial charge in [0.05, 0.1) is 12.6 Å². The predicted octanol–water partition coefficient (Wildman–Crippen LogP) is 3.33. The largest absolute Gasteiger partial charge is 0.376 e. The zero-order valence-electron chi connectivity index (χ0n) is 16.7. The molecule has 7 heteroatoms. The zero-order chi connectivity index (χ0) is 20.6. The smallest absolute Gasteiger partial charge is 0.257 e. The monoisotopic (exact) mass is 394 g/mol. The van der Waals surface area contributed by atoms with E-state index in [0.717, 1.165) is 30.7 Å². The SMILES string of the molecule is CC(=O)Nc1ccc(C(=O)NC(=NCC2CCCO2)Nc2ccc(C)cc2)cc1. The molecule has 0 spiro atoms. The molecule has 1 saturated heterocycles. The molecule has 152 valence electrons. The second-order valence-corrected chi connectivity index (χ2v) is 7.03. The molecule has 0 radical (unpaired) electrons. The number of benzene rings is 2. The van der Waals surface area contributed by atoms with Gasteiger partial charge < -0.3 is 15.4 Å². The van der Waals surface area contributed by atoms with Crippen molar-refractivity contribution in [3.05, 3.63) is 59.7 Å². The van der Waals surface area contributed by atoms with Gasteiger partial charge in [0, 0.05) is 30.5 Å². The molecular weight excluding hydrogens is 368 g/mol. The summed E-state index contributed by atoms with van der Waals surface area (Å²) in [5.41, 5.74) is 3.09. The first-order valence-corrected chi connectivity index (χ1v) is 9.68. The van der Waals surface area contributed by atoms with Crippen molar-refractivity contribution >= 4 is 29.1 Å². The van der Waals surface area contributed by atoms with Gasteiger partial charge in [0.25, 0.3) is 5.91 Å². The number of amides is 2. The summed E-state index contributed by atoms with van der Waals surface area (Å²) in [7, 11) is 0. The van der Waals surface area contributed by atoms with Gasteiger partial charge in [-0.1, -0.05) is 17.7 Å². The Bertz CT molecular complexity index is 870. The second kappa shape index (κ2) is 9.84. The number of nitrogens with zero attached hydrogens (tertiary/aromatic N) is 1. The standard InChI is InChI=1S/C22H26N4O3/c1-15-5-9-19(10-6-15)25-22(23-14-20-4-3-13-29-20)26-21(28)17-7-11-18(12-8-17)24-16(2)27/h5-12,20H,3-4,13-14H2,1-2H3,(H,24,27)(H2,23,25,26,28). The third kappa shape index (κ3) is 6.43. The number of carbonyl (C=O) groups excluding carboxylic acids is 2. The second-order valence-electron chi connectivity index (χ2n) is 7.03. The number of anilines is 2. The molecule has 0 saturated carbocycles. The zero-order valence-corrected chi connectivity index (χ0v) is 16.7. The van der Waals surface area contributed by atoms with Crippen molar-refractivity contribution in [2.45, 2.75) is 32.8 Å². The molecule has 3 N–H and O–H groups in total. The number of carbonyl (C=O) groups is 2. The van der Waals surface area contributed by atoms with Crippen LogP contribution >= 0.6 is 0 Å². The molecule has 1 heterocycles. The molecule has 3 rings (SSSR count). The number of hydrogen-bond donors (Lipinski definition) is 3. The Morgan fingerprint density at radius 2 is 1.69 bits per heavy atom. The lowest BCUT2D eigenvalue weighted by Gasteiger charge is -2.14. The Hall–Kier alpha value is -3.19. The number of aryl methyl sites for hydroxylation is 1. The molecule has 29 heavy (non-hydrogen) atoms. The maximum absolute atomic E-state index is 12.7. The van der Waals surface area contributed by atoms with Crippen LogP contribution in [0.3, 0.4) is 0 Å². The highest BCUT2D eigenvalue weighted by atomic mass is 16.5. The highest BCUT2D eigenvalue weighted by Crippen LogP contribution is 2.13. The lowest BCUT2D eigenvalue weighted by atomic mass is 10.2. The summed E-state index contributed by atoms with van der Waals surface area (Å²) in [6.07, 6.45) is 2.09. The molecule has 1 aliphatic heterocycles. The fourth-order valence-corrected chi connectivity index (χ4v) is 2.95. The highest BCUT2D eigenvalue weighted by molar-refractivity contribution is 6.10. The Morgan fingerprint density at radius 1 is 1.03 bits per heavy atom. The fraction of sp³-hybridized carbons (Fsp3) is 0.318. The van der Waals surface area contributed by atoms with Crippen LogP contribution in [-0.2, 0) is 9.53 Å². The lowest BCUT2D eigenvalue weighted by molar-refractivity contribution is -0.114. The Morgan fingerprint density at radius 3 is 2.31 bits per heavy atom. The van der Waals surface area contributed by atoms with Crippen molar-refractivity contribution in [1.82, 2.24) is 5.32 Å². The molecule has 7 nitrogen and oxygen atoms in total. The topological polar surface area (TPSA) is 91.8 Å². The van der Waals surface area contributed by atoms with Crippen LogP contribution in [0.2, 0.25) is 0 Å². The third-order valence-electron chi connectivity index (χ3n) is 4.49. The van der Waals surface area contributed by atoms with Gasteiger partial charge in [-0.3, -0.25) is 14.9 Å². The van der Waals surface area contributed by atoms with E-state index in [1.165, 1.54) is 6.92 Å². The van der Waals surface area contributed by atoms with E-state index in [0.29, 0.717) is 23.8 Å². The van der Waals surface area contributed by atoms with Crippen LogP contribution < -0.4 is 16.0 Å². The average Bonchev–Trinajstić information content (AvgIpc) is 3.21. The van der Waals surface area contributed by atoms with Gasteiger partial charge in [0.1, 0.15) is 0 Å². The number of ether oxygens (including phenoxy) is 1. The van der Waals surface area contributed by atoms with Crippen molar-refractivity contribution in [3.8, 4) is 0 Å². The molecular formula is C22H26N4O3. The maximum Gasteiger partial charge on any atom is 0.257 e. The van der Waals surface area contributed by atoms with Crippen molar-refractivity contribution in [3.63, 3.8) is 0 Å². The van der Waals surface area contributed by atoms with Crippen LogP contribution in [0.5, 0.6) is 0 Å². The van der Waals surface area contributed by atoms with Crippen molar-refractivity contribution in [2.24, 2.45) is 4.99 Å². The van der Waals surface area contributed by atoms with Crippen LogP contribution in [0.4, 0.5) is 11.4 Å². The van der Waals surface area contributed by atoms with Crippen LogP contribution in [0, 0.1) is 6.92 Å². The van der Waals surface area contributed by atoms with Gasteiger partial charge in [-0.15, -0.1) is 0 Å². The summed E-state index contributed by atoms with van der Waals surface area (Å²) in [5.74, 6) is -0.0709. The average molecular weight is 394 g/mol. The Labute approximate surface area is 170 Å². The summed E-state index contributed by atoms with van der Waals surface area (Å²) >= 11 is 0. The van der Waals surface area contributed by atoms with Gasteiger partial charge in [0.15, 0.2) is 0 Å². The number of aliphatic imine (C=N–C) groups is 1. The van der Waals surface area contributed by atoms with E-state index >= 15 is 0 Å². The molecule has 1 fully saturated rings. The molecule has 1 atom stereocenters. The van der Waals surface area contributed by atoms with E-state index in [-0.39, 0.29) is 17.9 Å². The van der Waals surface area contributed by atoms with Crippen molar-refractivity contribution in [2.75, 3.05) is 23.8 Å². The van der Waals surface area contributed by atoms with Crippen molar-refractivity contribution in [1.29, 1.82) is 0 Å². The van der Waals surface area contributed by atoms with Gasteiger partial charge in [-0.05, 0) is 56.2 Å². The minimum absolute atomic E-state index is 0.0821. The van der Waals surface area contributed by atoms with Gasteiger partial charge in [-0.25, -0.2) is 4.99 Å². The van der Waals surface area contributed by atoms with E-state index in [2.05, 4.69) is 20.9 Å². The van der Waals surface area contributed by atoms with Crippen molar-refractivity contribution < 1.29 is 14.3 Å². The van der Waals surface area contributed by atoms with E-state index in [1.54, 1.807) is 24.3 Å². The molecule has 1 unspecified atom stereocenters. The van der Waals surface area contributed by atoms with E-state index in [9.17, 15) is 9.59 Å². The van der Waals surface area contributed by atoms with Gasteiger partial charge in [0.2, 0.25) is 11.9 Å². The number of rotatable bonds is 5. The predicted molar refractivity (Wildman–Crippen MR) is 114 cm³/mol. The summed E-state index contributed by atoms with van der Waals surface area (Å²) in [6, 6.07) is 14.5. The van der Waals surface area contributed by atoms with E-state index in [1.807, 2.05) is 31.2 Å². The maximum atomic E-state index is 12.7. The lowest BCUT2D eigenvalue weighted by Crippen LogP contribution is -2.36. The van der Waals surface area contributed by atoms with Gasteiger partial charge in [-0.2, -0.15) is 0 Å². The molecule has 0 aliphatic carbocycles. The minimum atomic E-state index is -0.287. The molecule has 1 aliphatic rings. The van der Waals surface area contributed by atoms with E-state index in [4.69, 9.17) is 4.74 Å². The van der Waals surface area contributed by atoms with Crippen LogP contribution in [0.25, 0.3) is 0 Å². The van der Waals surface area contributed by atoms with Crippen LogP contribution in [-0.4, -0.2) is 37.0 Å². The fourth-order valence-electron chi connectivity index (χ4n) is 2.95. The summed E-state index contributed by atoms with van der Waals surface area (Å²) < 4.78 is 5.62. The quantitative estimate of drug-likeness (QED) is 0.536. The van der Waals surface area contributed by atoms with Crippen LogP contribution in [0.1, 0.15) is 35.7 Å². The highest BCUT2D eigenvalue weighted by Gasteiger charge is 2.16. The Kier molecular flexibility index (Phi) is 6.97. The minimum Gasteiger partial charge on any atom is -0.376 e. The van der Waals surface area contributed by atoms with E-state index < -0.39 is 0 Å². The summed E-state index contributed by atoms with van der Waals surface area (Å²) in [5, 5.41) is 8.69. The molecule has 2 aromatic rings.